The second-order valence-electron chi connectivity index (χ2n) is 14.5. The van der Waals surface area contributed by atoms with E-state index in [0.717, 1.165) is 64.2 Å². The van der Waals surface area contributed by atoms with Crippen molar-refractivity contribution in [1.29, 1.82) is 0 Å². The highest BCUT2D eigenvalue weighted by molar-refractivity contribution is 7.74. The van der Waals surface area contributed by atoms with E-state index in [1.807, 2.05) is 0 Å². The monoisotopic (exact) mass is 702 g/mol. The minimum Gasteiger partial charge on any atom is -0.351 e. The summed E-state index contributed by atoms with van der Waals surface area (Å²) in [7, 11) is -1.35. The molecule has 0 radical (unpaired) electrons. The Morgan fingerprint density at radius 1 is 0.400 bits per heavy atom. The van der Waals surface area contributed by atoms with E-state index in [9.17, 15) is 9.59 Å². The highest BCUT2D eigenvalue weighted by Gasteiger charge is 2.41. The fourth-order valence-electron chi connectivity index (χ4n) is 8.93. The minimum absolute atomic E-state index is 0.0171. The van der Waals surface area contributed by atoms with Gasteiger partial charge in [0, 0.05) is 23.9 Å². The zero-order valence-corrected chi connectivity index (χ0v) is 31.0. The number of hydrogen-bond donors (Lipinski definition) is 2. The van der Waals surface area contributed by atoms with Gasteiger partial charge in [-0.15, -0.1) is 0 Å². The fraction of sp³-hybridized carbons (Fsp3) is 0.409. The summed E-state index contributed by atoms with van der Waals surface area (Å²) in [6.45, 7) is 0. The van der Waals surface area contributed by atoms with Crippen molar-refractivity contribution in [2.24, 2.45) is 11.8 Å². The minimum atomic E-state index is -0.677. The Hall–Kier alpha value is -3.32. The number of amides is 2. The zero-order valence-electron chi connectivity index (χ0n) is 29.2. The summed E-state index contributed by atoms with van der Waals surface area (Å²) in [5.41, 5.74) is 0.608. The third kappa shape index (κ3) is 8.25. The third-order valence-corrected chi connectivity index (χ3v) is 17.3. The fourth-order valence-corrected chi connectivity index (χ4v) is 15.2. The predicted molar refractivity (Wildman–Crippen MR) is 212 cm³/mol. The largest absolute Gasteiger partial charge is 0.351 e. The lowest BCUT2D eigenvalue weighted by atomic mass is 9.85. The Morgan fingerprint density at radius 2 is 0.680 bits per heavy atom. The molecule has 0 spiro atoms. The summed E-state index contributed by atoms with van der Waals surface area (Å²) >= 11 is 0. The van der Waals surface area contributed by atoms with Gasteiger partial charge in [0.2, 0.25) is 11.8 Å². The van der Waals surface area contributed by atoms with E-state index >= 15 is 0 Å². The van der Waals surface area contributed by atoms with Gasteiger partial charge in [0.05, 0.1) is 0 Å². The van der Waals surface area contributed by atoms with Crippen LogP contribution in [0.4, 0.5) is 0 Å². The van der Waals surface area contributed by atoms with E-state index < -0.39 is 15.8 Å². The first-order valence-electron chi connectivity index (χ1n) is 19.1. The molecular formula is C44H52N2O2P2. The second-order valence-corrected chi connectivity index (χ2v) is 19.4. The van der Waals surface area contributed by atoms with E-state index in [-0.39, 0.29) is 35.7 Å². The van der Waals surface area contributed by atoms with E-state index in [1.165, 1.54) is 34.1 Å². The van der Waals surface area contributed by atoms with E-state index in [0.29, 0.717) is 11.3 Å². The zero-order chi connectivity index (χ0) is 34.1. The number of rotatable bonds is 10. The number of benzene rings is 4. The standard InChI is InChI=1S/C44H52N2O2P2/c47-43(37-27-13-17-31-41(37)49(33-19-5-1-6-20-33)34-21-7-2-8-22-34)45-39-29-15-16-30-40(39)46-44(48)38-28-14-18-32-42(38)50(35-23-9-3-10-24-35)36-25-11-4-12-26-36/h1-12,19-26,37-42H,13-18,27-32H2,(H,45,47)(H,46,48)/t37-,38-,39-,40-,41-,42-/m0/s1. The first-order chi connectivity index (χ1) is 24.7. The van der Waals surface area contributed by atoms with Crippen molar-refractivity contribution in [3.05, 3.63) is 121 Å². The number of carbonyl (C=O) groups excluding carboxylic acids is 2. The lowest BCUT2D eigenvalue weighted by molar-refractivity contribution is -0.129. The van der Waals surface area contributed by atoms with Gasteiger partial charge < -0.3 is 10.6 Å². The van der Waals surface area contributed by atoms with Crippen molar-refractivity contribution in [3.63, 3.8) is 0 Å². The molecule has 0 unspecified atom stereocenters. The van der Waals surface area contributed by atoms with Crippen LogP contribution in [0.2, 0.25) is 0 Å². The number of hydrogen-bond acceptors (Lipinski definition) is 2. The van der Waals surface area contributed by atoms with Crippen LogP contribution >= 0.6 is 15.8 Å². The van der Waals surface area contributed by atoms with Crippen LogP contribution in [-0.4, -0.2) is 35.2 Å². The van der Waals surface area contributed by atoms with Gasteiger partial charge in [0.15, 0.2) is 0 Å². The average Bonchev–Trinajstić information content (AvgIpc) is 3.18. The molecule has 6 heteroatoms. The lowest BCUT2D eigenvalue weighted by Gasteiger charge is -2.41. The molecule has 3 aliphatic rings. The molecule has 0 heterocycles. The Kier molecular flexibility index (Phi) is 12.1. The van der Waals surface area contributed by atoms with Gasteiger partial charge >= 0.3 is 0 Å². The summed E-state index contributed by atoms with van der Waals surface area (Å²) in [5.74, 6) is 0.369. The van der Waals surface area contributed by atoms with Crippen LogP contribution in [-0.2, 0) is 9.59 Å². The molecule has 4 aromatic carbocycles. The van der Waals surface area contributed by atoms with Crippen molar-refractivity contribution in [1.82, 2.24) is 10.6 Å². The summed E-state index contributed by atoms with van der Waals surface area (Å²) in [6.07, 6.45) is 12.6. The molecule has 6 atom stereocenters. The molecule has 3 saturated carbocycles. The Labute approximate surface area is 301 Å². The topological polar surface area (TPSA) is 58.2 Å². The second kappa shape index (κ2) is 17.3. The Balaban J connectivity index is 1.09. The molecule has 2 N–H and O–H groups in total. The molecule has 50 heavy (non-hydrogen) atoms. The van der Waals surface area contributed by atoms with Gasteiger partial charge in [0.1, 0.15) is 0 Å². The van der Waals surface area contributed by atoms with E-state index in [2.05, 4.69) is 132 Å². The highest BCUT2D eigenvalue weighted by atomic mass is 31.1. The molecule has 0 saturated heterocycles. The molecule has 2 amide bonds. The molecule has 0 aromatic heterocycles. The normalized spacial score (nSPS) is 25.6. The van der Waals surface area contributed by atoms with Crippen molar-refractivity contribution < 1.29 is 9.59 Å². The van der Waals surface area contributed by atoms with Gasteiger partial charge in [-0.1, -0.05) is 160 Å². The Morgan fingerprint density at radius 3 is 1.00 bits per heavy atom. The molecule has 3 aliphatic carbocycles. The van der Waals surface area contributed by atoms with Crippen LogP contribution in [0.5, 0.6) is 0 Å². The molecule has 7 rings (SSSR count). The molecule has 0 aliphatic heterocycles. The lowest BCUT2D eigenvalue weighted by Crippen LogP contribution is -2.57. The first-order valence-corrected chi connectivity index (χ1v) is 21.9. The van der Waals surface area contributed by atoms with Crippen LogP contribution in [0.3, 0.4) is 0 Å². The van der Waals surface area contributed by atoms with Crippen LogP contribution in [0.15, 0.2) is 121 Å². The smallest absolute Gasteiger partial charge is 0.224 e. The number of carbonyl (C=O) groups is 2. The molecule has 4 aromatic rings. The Bertz CT molecular complexity index is 1450. The van der Waals surface area contributed by atoms with Crippen molar-refractivity contribution in [2.45, 2.75) is 100 Å². The van der Waals surface area contributed by atoms with Crippen LogP contribution < -0.4 is 31.9 Å². The SMILES string of the molecule is O=C(N[C@H]1CCCC[C@@H]1NC(=O)[C@H]1CCCC[C@@H]1P(c1ccccc1)c1ccccc1)[C@H]1CCCC[C@@H]1P(c1ccccc1)c1ccccc1. The third-order valence-electron chi connectivity index (χ3n) is 11.4. The summed E-state index contributed by atoms with van der Waals surface area (Å²) in [5, 5.41) is 12.6. The predicted octanol–water partition coefficient (Wildman–Crippen LogP) is 7.91. The van der Waals surface area contributed by atoms with Crippen molar-refractivity contribution in [3.8, 4) is 0 Å². The highest BCUT2D eigenvalue weighted by Crippen LogP contribution is 2.50. The molecular weight excluding hydrogens is 650 g/mol. The van der Waals surface area contributed by atoms with Crippen LogP contribution in [0.1, 0.15) is 77.0 Å². The molecule has 3 fully saturated rings. The van der Waals surface area contributed by atoms with Crippen molar-refractivity contribution >= 4 is 48.9 Å². The average molecular weight is 703 g/mol. The maximum absolute atomic E-state index is 14.4. The summed E-state index contributed by atoms with van der Waals surface area (Å²) in [6, 6.07) is 43.5. The van der Waals surface area contributed by atoms with Gasteiger partial charge in [-0.05, 0) is 86.9 Å². The van der Waals surface area contributed by atoms with E-state index in [1.54, 1.807) is 0 Å². The molecule has 260 valence electrons. The van der Waals surface area contributed by atoms with Gasteiger partial charge in [-0.3, -0.25) is 9.59 Å². The number of nitrogens with one attached hydrogen (secondary N) is 2. The van der Waals surface area contributed by atoms with Gasteiger partial charge in [-0.25, -0.2) is 0 Å². The summed E-state index contributed by atoms with van der Waals surface area (Å²) in [4.78, 5) is 28.8. The first kappa shape index (κ1) is 35.1. The van der Waals surface area contributed by atoms with Crippen LogP contribution in [0, 0.1) is 11.8 Å². The molecule has 4 nitrogen and oxygen atoms in total. The van der Waals surface area contributed by atoms with Crippen LogP contribution in [0.25, 0.3) is 0 Å². The molecule has 0 bridgehead atoms. The van der Waals surface area contributed by atoms with Gasteiger partial charge in [-0.2, -0.15) is 0 Å². The quantitative estimate of drug-likeness (QED) is 0.165. The van der Waals surface area contributed by atoms with Gasteiger partial charge in [0.25, 0.3) is 0 Å². The maximum Gasteiger partial charge on any atom is 0.224 e. The van der Waals surface area contributed by atoms with E-state index in [4.69, 9.17) is 0 Å². The van der Waals surface area contributed by atoms with Crippen molar-refractivity contribution in [2.75, 3.05) is 0 Å². The summed E-state index contributed by atoms with van der Waals surface area (Å²) < 4.78 is 0. The maximum atomic E-state index is 14.4.